The molecule has 1 unspecified atom stereocenters. The van der Waals surface area contributed by atoms with Gasteiger partial charge >= 0.3 is 0 Å². The molecular weight excluding hydrogens is 325 g/mol. The molecule has 2 fully saturated rings. The van der Waals surface area contributed by atoms with Crippen molar-refractivity contribution in [3.05, 3.63) is 28.5 Å². The van der Waals surface area contributed by atoms with Crippen LogP contribution in [0, 0.1) is 5.82 Å². The Balaban J connectivity index is 1.69. The van der Waals surface area contributed by atoms with Gasteiger partial charge in [0.1, 0.15) is 5.82 Å². The molecule has 110 valence electrons. The average molecular weight is 344 g/mol. The Kier molecular flexibility index (Phi) is 4.29. The molecule has 0 saturated carbocycles. The molecule has 2 aliphatic rings. The van der Waals surface area contributed by atoms with Crippen molar-refractivity contribution in [1.29, 1.82) is 0 Å². The van der Waals surface area contributed by atoms with Gasteiger partial charge in [0, 0.05) is 30.3 Å². The van der Waals surface area contributed by atoms with Gasteiger partial charge in [-0.1, -0.05) is 0 Å². The van der Waals surface area contributed by atoms with Crippen LogP contribution >= 0.6 is 15.9 Å². The molecule has 2 heterocycles. The van der Waals surface area contributed by atoms with Crippen LogP contribution in [0.4, 0.5) is 10.1 Å². The van der Waals surface area contributed by atoms with E-state index in [1.54, 1.807) is 6.07 Å². The van der Waals surface area contributed by atoms with Crippen LogP contribution in [0.3, 0.4) is 0 Å². The summed E-state index contributed by atoms with van der Waals surface area (Å²) >= 11 is 3.46. The standard InChI is InChI=1S/C15H19BrFNO2/c16-13-2-1-11(17)9-14(13)18-12-3-6-20-15(10-12)4-7-19-8-5-15/h1-2,9,12,18H,3-8,10H2. The fourth-order valence-electron chi connectivity index (χ4n) is 3.07. The highest BCUT2D eigenvalue weighted by molar-refractivity contribution is 9.10. The van der Waals surface area contributed by atoms with Crippen LogP contribution in [0.5, 0.6) is 0 Å². The third-order valence-electron chi connectivity index (χ3n) is 4.19. The summed E-state index contributed by atoms with van der Waals surface area (Å²) in [6.07, 6.45) is 3.82. The molecule has 0 bridgehead atoms. The molecule has 0 aliphatic carbocycles. The second-order valence-electron chi connectivity index (χ2n) is 5.60. The number of rotatable bonds is 2. The summed E-state index contributed by atoms with van der Waals surface area (Å²) in [5, 5.41) is 3.45. The maximum absolute atomic E-state index is 13.3. The van der Waals surface area contributed by atoms with Gasteiger partial charge in [-0.25, -0.2) is 4.39 Å². The van der Waals surface area contributed by atoms with E-state index in [1.165, 1.54) is 12.1 Å². The SMILES string of the molecule is Fc1ccc(Br)c(NC2CCOC3(CCOCC3)C2)c1. The topological polar surface area (TPSA) is 30.5 Å². The van der Waals surface area contributed by atoms with Gasteiger partial charge in [0.15, 0.2) is 0 Å². The third-order valence-corrected chi connectivity index (χ3v) is 4.88. The summed E-state index contributed by atoms with van der Waals surface area (Å²) in [7, 11) is 0. The van der Waals surface area contributed by atoms with Crippen LogP contribution in [0.2, 0.25) is 0 Å². The lowest BCUT2D eigenvalue weighted by Gasteiger charge is -2.43. The van der Waals surface area contributed by atoms with E-state index >= 15 is 0 Å². The number of hydrogen-bond donors (Lipinski definition) is 1. The van der Waals surface area contributed by atoms with Crippen LogP contribution in [-0.2, 0) is 9.47 Å². The van der Waals surface area contributed by atoms with Crippen molar-refractivity contribution in [3.63, 3.8) is 0 Å². The molecule has 1 atom stereocenters. The van der Waals surface area contributed by atoms with Crippen molar-refractivity contribution < 1.29 is 13.9 Å². The highest BCUT2D eigenvalue weighted by Gasteiger charge is 2.39. The lowest BCUT2D eigenvalue weighted by Crippen LogP contribution is -2.47. The van der Waals surface area contributed by atoms with Gasteiger partial charge in [0.2, 0.25) is 0 Å². The molecule has 1 aromatic rings. The molecule has 0 radical (unpaired) electrons. The molecular formula is C15H19BrFNO2. The summed E-state index contributed by atoms with van der Waals surface area (Å²) in [6.45, 7) is 2.30. The van der Waals surface area contributed by atoms with Crippen molar-refractivity contribution in [3.8, 4) is 0 Å². The Morgan fingerprint density at radius 2 is 2.05 bits per heavy atom. The van der Waals surface area contributed by atoms with Gasteiger partial charge in [-0.3, -0.25) is 0 Å². The average Bonchev–Trinajstić information content (AvgIpc) is 2.44. The highest BCUT2D eigenvalue weighted by Crippen LogP contribution is 2.36. The molecule has 2 saturated heterocycles. The van der Waals surface area contributed by atoms with Crippen LogP contribution in [0.25, 0.3) is 0 Å². The molecule has 2 aliphatic heterocycles. The zero-order valence-electron chi connectivity index (χ0n) is 11.3. The maximum Gasteiger partial charge on any atom is 0.125 e. The Hall–Kier alpha value is -0.650. The van der Waals surface area contributed by atoms with E-state index in [2.05, 4.69) is 21.2 Å². The molecule has 5 heteroatoms. The van der Waals surface area contributed by atoms with E-state index in [1.807, 2.05) is 0 Å². The van der Waals surface area contributed by atoms with Crippen LogP contribution in [0.1, 0.15) is 25.7 Å². The van der Waals surface area contributed by atoms with Gasteiger partial charge in [0.25, 0.3) is 0 Å². The molecule has 20 heavy (non-hydrogen) atoms. The Morgan fingerprint density at radius 3 is 2.85 bits per heavy atom. The van der Waals surface area contributed by atoms with E-state index in [-0.39, 0.29) is 11.4 Å². The predicted molar refractivity (Wildman–Crippen MR) is 79.5 cm³/mol. The maximum atomic E-state index is 13.3. The van der Waals surface area contributed by atoms with Gasteiger partial charge in [-0.05, 0) is 59.8 Å². The molecule has 1 spiro atoms. The van der Waals surface area contributed by atoms with Crippen molar-refractivity contribution in [2.24, 2.45) is 0 Å². The Bertz CT molecular complexity index is 471. The van der Waals surface area contributed by atoms with Crippen LogP contribution in [0.15, 0.2) is 22.7 Å². The number of ether oxygens (including phenoxy) is 2. The molecule has 3 rings (SSSR count). The highest BCUT2D eigenvalue weighted by atomic mass is 79.9. The first-order valence-corrected chi connectivity index (χ1v) is 7.89. The van der Waals surface area contributed by atoms with E-state index in [4.69, 9.17) is 9.47 Å². The minimum atomic E-state index is -0.219. The fraction of sp³-hybridized carbons (Fsp3) is 0.600. The zero-order chi connectivity index (χ0) is 14.0. The summed E-state index contributed by atoms with van der Waals surface area (Å²) in [6, 6.07) is 5.05. The van der Waals surface area contributed by atoms with Crippen molar-refractivity contribution >= 4 is 21.6 Å². The summed E-state index contributed by atoms with van der Waals surface area (Å²) in [5.41, 5.74) is 0.771. The van der Waals surface area contributed by atoms with Crippen molar-refractivity contribution in [1.82, 2.24) is 0 Å². The number of anilines is 1. The fourth-order valence-corrected chi connectivity index (χ4v) is 3.43. The van der Waals surface area contributed by atoms with E-state index in [0.717, 1.165) is 55.7 Å². The number of halogens is 2. The van der Waals surface area contributed by atoms with Gasteiger partial charge in [-0.2, -0.15) is 0 Å². The number of hydrogen-bond acceptors (Lipinski definition) is 3. The van der Waals surface area contributed by atoms with Crippen LogP contribution < -0.4 is 5.32 Å². The van der Waals surface area contributed by atoms with Gasteiger partial charge < -0.3 is 14.8 Å². The minimum absolute atomic E-state index is 0.0477. The number of benzene rings is 1. The summed E-state index contributed by atoms with van der Waals surface area (Å²) in [5.74, 6) is -0.219. The molecule has 0 amide bonds. The quantitative estimate of drug-likeness (QED) is 0.887. The normalized spacial score (nSPS) is 25.6. The van der Waals surface area contributed by atoms with Crippen LogP contribution in [-0.4, -0.2) is 31.5 Å². The first-order chi connectivity index (χ1) is 9.67. The molecule has 1 aromatic carbocycles. The molecule has 1 N–H and O–H groups in total. The number of nitrogens with one attached hydrogen (secondary N) is 1. The monoisotopic (exact) mass is 343 g/mol. The Labute approximate surface area is 127 Å². The van der Waals surface area contributed by atoms with E-state index in [0.29, 0.717) is 6.04 Å². The second kappa shape index (κ2) is 6.00. The zero-order valence-corrected chi connectivity index (χ0v) is 12.9. The summed E-state index contributed by atoms with van der Waals surface area (Å²) < 4.78 is 25.7. The van der Waals surface area contributed by atoms with E-state index < -0.39 is 0 Å². The third kappa shape index (κ3) is 3.15. The Morgan fingerprint density at radius 1 is 1.25 bits per heavy atom. The molecule has 0 aromatic heterocycles. The smallest absolute Gasteiger partial charge is 0.125 e. The van der Waals surface area contributed by atoms with Gasteiger partial charge in [-0.15, -0.1) is 0 Å². The van der Waals surface area contributed by atoms with Crippen molar-refractivity contribution in [2.75, 3.05) is 25.1 Å². The van der Waals surface area contributed by atoms with E-state index in [9.17, 15) is 4.39 Å². The van der Waals surface area contributed by atoms with Gasteiger partial charge in [0.05, 0.1) is 11.3 Å². The summed E-state index contributed by atoms with van der Waals surface area (Å²) in [4.78, 5) is 0. The molecule has 3 nitrogen and oxygen atoms in total. The first-order valence-electron chi connectivity index (χ1n) is 7.10. The first kappa shape index (κ1) is 14.3. The predicted octanol–water partition coefficient (Wildman–Crippen LogP) is 3.73. The minimum Gasteiger partial charge on any atom is -0.381 e. The lowest BCUT2D eigenvalue weighted by atomic mass is 9.84. The largest absolute Gasteiger partial charge is 0.381 e. The van der Waals surface area contributed by atoms with Crippen molar-refractivity contribution in [2.45, 2.75) is 37.3 Å². The second-order valence-corrected chi connectivity index (χ2v) is 6.46. The lowest BCUT2D eigenvalue weighted by molar-refractivity contribution is -0.135.